The van der Waals surface area contributed by atoms with Gasteiger partial charge in [-0.2, -0.15) is 0 Å². The summed E-state index contributed by atoms with van der Waals surface area (Å²) in [5.74, 6) is 0. The summed E-state index contributed by atoms with van der Waals surface area (Å²) in [6.45, 7) is 2.58. The molecule has 0 radical (unpaired) electrons. The Morgan fingerprint density at radius 2 is 2.35 bits per heavy atom. The second-order valence-corrected chi connectivity index (χ2v) is 5.36. The summed E-state index contributed by atoms with van der Waals surface area (Å²) in [4.78, 5) is 0. The topological polar surface area (TPSA) is 60.2 Å². The van der Waals surface area contributed by atoms with E-state index in [2.05, 4.69) is 10.3 Å². The molecule has 1 aromatic heterocycles. The fraction of sp³-hybridized carbons (Fsp3) is 0.429. The zero-order chi connectivity index (χ0) is 14.1. The van der Waals surface area contributed by atoms with Gasteiger partial charge in [-0.05, 0) is 37.5 Å². The molecule has 1 aromatic carbocycles. The van der Waals surface area contributed by atoms with Crippen LogP contribution >= 0.6 is 11.6 Å². The van der Waals surface area contributed by atoms with Crippen LogP contribution < -0.4 is 0 Å². The van der Waals surface area contributed by atoms with Crippen LogP contribution in [-0.4, -0.2) is 26.7 Å². The Balaban J connectivity index is 2.13. The maximum atomic E-state index is 9.47. The number of aliphatic hydroxyl groups is 1. The zero-order valence-electron chi connectivity index (χ0n) is 11.2. The maximum Gasteiger partial charge on any atom is 0.114 e. The minimum Gasteiger partial charge on any atom is -0.390 e. The second-order valence-electron chi connectivity index (χ2n) is 4.92. The molecule has 1 aliphatic heterocycles. The number of halogens is 1. The van der Waals surface area contributed by atoms with Gasteiger partial charge in [0, 0.05) is 11.6 Å². The molecule has 1 aliphatic rings. The lowest BCUT2D eigenvalue weighted by Crippen LogP contribution is -2.10. The Morgan fingerprint density at radius 1 is 1.50 bits per heavy atom. The highest BCUT2D eigenvalue weighted by molar-refractivity contribution is 6.30. The van der Waals surface area contributed by atoms with Gasteiger partial charge in [0.25, 0.3) is 0 Å². The molecule has 1 unspecified atom stereocenters. The minimum atomic E-state index is -0.144. The molecule has 6 heteroatoms. The number of hydrogen-bond donors (Lipinski definition) is 1. The van der Waals surface area contributed by atoms with E-state index in [1.807, 2.05) is 25.1 Å². The fourth-order valence-corrected chi connectivity index (χ4v) is 2.70. The first kappa shape index (κ1) is 13.5. The number of hydrogen-bond acceptors (Lipinski definition) is 4. The van der Waals surface area contributed by atoms with E-state index < -0.39 is 0 Å². The van der Waals surface area contributed by atoms with Gasteiger partial charge in [-0.25, -0.2) is 4.68 Å². The van der Waals surface area contributed by atoms with Gasteiger partial charge in [-0.1, -0.05) is 22.9 Å². The number of benzene rings is 1. The van der Waals surface area contributed by atoms with Crippen molar-refractivity contribution in [2.24, 2.45) is 0 Å². The molecule has 0 spiro atoms. The highest BCUT2D eigenvalue weighted by Gasteiger charge is 2.27. The van der Waals surface area contributed by atoms with Crippen molar-refractivity contribution in [2.75, 3.05) is 6.61 Å². The first-order chi connectivity index (χ1) is 9.70. The summed E-state index contributed by atoms with van der Waals surface area (Å²) in [5.41, 5.74) is 3.31. The molecule has 106 valence electrons. The van der Waals surface area contributed by atoms with Crippen molar-refractivity contribution in [3.8, 4) is 5.69 Å². The molecule has 2 heterocycles. The van der Waals surface area contributed by atoms with Crippen LogP contribution in [-0.2, 0) is 11.3 Å². The third kappa shape index (κ3) is 2.32. The highest BCUT2D eigenvalue weighted by Crippen LogP contribution is 2.32. The third-order valence-corrected chi connectivity index (χ3v) is 3.80. The van der Waals surface area contributed by atoms with Crippen molar-refractivity contribution < 1.29 is 9.84 Å². The largest absolute Gasteiger partial charge is 0.390 e. The summed E-state index contributed by atoms with van der Waals surface area (Å²) < 4.78 is 7.47. The van der Waals surface area contributed by atoms with Crippen LogP contribution in [0.3, 0.4) is 0 Å². The van der Waals surface area contributed by atoms with E-state index >= 15 is 0 Å². The first-order valence-corrected chi connectivity index (χ1v) is 7.02. The van der Waals surface area contributed by atoms with E-state index in [1.165, 1.54) is 0 Å². The molecular formula is C14H16ClN3O2. The Kier molecular flexibility index (Phi) is 3.74. The molecular weight excluding hydrogens is 278 g/mol. The monoisotopic (exact) mass is 293 g/mol. The summed E-state index contributed by atoms with van der Waals surface area (Å²) in [6.07, 6.45) is 1.86. The molecule has 3 rings (SSSR count). The van der Waals surface area contributed by atoms with Gasteiger partial charge >= 0.3 is 0 Å². The van der Waals surface area contributed by atoms with Crippen molar-refractivity contribution in [1.29, 1.82) is 0 Å². The quantitative estimate of drug-likeness (QED) is 0.945. The third-order valence-electron chi connectivity index (χ3n) is 3.56. The fourth-order valence-electron chi connectivity index (χ4n) is 2.54. The van der Waals surface area contributed by atoms with Gasteiger partial charge in [0.05, 0.1) is 18.0 Å². The SMILES string of the molecule is Cc1ccc(Cl)cc1-n1nnc(CO)c1C1CCCO1. The predicted octanol–water partition coefficient (Wildman–Crippen LogP) is 2.57. The summed E-state index contributed by atoms with van der Waals surface area (Å²) in [7, 11) is 0. The first-order valence-electron chi connectivity index (χ1n) is 6.64. The summed E-state index contributed by atoms with van der Waals surface area (Å²) in [6, 6.07) is 5.64. The normalized spacial score (nSPS) is 18.6. The van der Waals surface area contributed by atoms with Crippen molar-refractivity contribution in [3.63, 3.8) is 0 Å². The Morgan fingerprint density at radius 3 is 3.05 bits per heavy atom. The number of rotatable bonds is 3. The zero-order valence-corrected chi connectivity index (χ0v) is 12.0. The van der Waals surface area contributed by atoms with Crippen molar-refractivity contribution in [3.05, 3.63) is 40.2 Å². The predicted molar refractivity (Wildman–Crippen MR) is 75.0 cm³/mol. The molecule has 0 saturated carbocycles. The van der Waals surface area contributed by atoms with Crippen molar-refractivity contribution >= 4 is 11.6 Å². The molecule has 1 fully saturated rings. The lowest BCUT2D eigenvalue weighted by molar-refractivity contribution is 0.104. The van der Waals surface area contributed by atoms with E-state index in [0.29, 0.717) is 10.7 Å². The maximum absolute atomic E-state index is 9.47. The molecule has 0 amide bonds. The average Bonchev–Trinajstić information content (AvgIpc) is 3.08. The lowest BCUT2D eigenvalue weighted by atomic mass is 10.1. The van der Waals surface area contributed by atoms with Crippen LogP contribution in [0, 0.1) is 6.92 Å². The van der Waals surface area contributed by atoms with Gasteiger partial charge in [-0.15, -0.1) is 5.10 Å². The number of nitrogens with zero attached hydrogens (tertiary/aromatic N) is 3. The standard InChI is InChI=1S/C14H16ClN3O2/c1-9-4-5-10(15)7-12(9)18-14(11(8-19)16-17-18)13-3-2-6-20-13/h4-5,7,13,19H,2-3,6,8H2,1H3. The smallest absolute Gasteiger partial charge is 0.114 e. The van der Waals surface area contributed by atoms with Gasteiger partial charge in [0.15, 0.2) is 0 Å². The Bertz CT molecular complexity index is 621. The van der Waals surface area contributed by atoms with E-state index in [9.17, 15) is 5.11 Å². The minimum absolute atomic E-state index is 0.0643. The molecule has 20 heavy (non-hydrogen) atoms. The molecule has 0 bridgehead atoms. The van der Waals surface area contributed by atoms with E-state index in [-0.39, 0.29) is 12.7 Å². The Hall–Kier alpha value is -1.43. The number of aliphatic hydroxyl groups excluding tert-OH is 1. The van der Waals surface area contributed by atoms with Crippen LogP contribution in [0.4, 0.5) is 0 Å². The van der Waals surface area contributed by atoms with Crippen LogP contribution in [0.1, 0.15) is 35.9 Å². The highest BCUT2D eigenvalue weighted by atomic mass is 35.5. The average molecular weight is 294 g/mol. The molecule has 1 N–H and O–H groups in total. The summed E-state index contributed by atoms with van der Waals surface area (Å²) >= 11 is 6.08. The molecule has 5 nitrogen and oxygen atoms in total. The second kappa shape index (κ2) is 5.52. The van der Waals surface area contributed by atoms with Crippen LogP contribution in [0.25, 0.3) is 5.69 Å². The van der Waals surface area contributed by atoms with E-state index in [1.54, 1.807) is 4.68 Å². The van der Waals surface area contributed by atoms with E-state index in [0.717, 1.165) is 36.4 Å². The van der Waals surface area contributed by atoms with Crippen LogP contribution in [0.5, 0.6) is 0 Å². The van der Waals surface area contributed by atoms with Gasteiger partial charge in [-0.3, -0.25) is 0 Å². The van der Waals surface area contributed by atoms with Gasteiger partial charge < -0.3 is 9.84 Å². The number of ether oxygens (including phenoxy) is 1. The van der Waals surface area contributed by atoms with Gasteiger partial charge in [0.2, 0.25) is 0 Å². The van der Waals surface area contributed by atoms with Crippen molar-refractivity contribution in [2.45, 2.75) is 32.5 Å². The Labute approximate surface area is 122 Å². The van der Waals surface area contributed by atoms with Crippen LogP contribution in [0.15, 0.2) is 18.2 Å². The molecule has 1 atom stereocenters. The van der Waals surface area contributed by atoms with E-state index in [4.69, 9.17) is 16.3 Å². The summed E-state index contributed by atoms with van der Waals surface area (Å²) in [5, 5.41) is 18.3. The molecule has 1 saturated heterocycles. The van der Waals surface area contributed by atoms with Gasteiger partial charge in [0.1, 0.15) is 11.8 Å². The number of aryl methyl sites for hydroxylation is 1. The lowest BCUT2D eigenvalue weighted by Gasteiger charge is -2.15. The number of aromatic nitrogens is 3. The molecule has 0 aliphatic carbocycles. The molecule has 2 aromatic rings. The van der Waals surface area contributed by atoms with Crippen LogP contribution in [0.2, 0.25) is 5.02 Å². The van der Waals surface area contributed by atoms with Crippen molar-refractivity contribution in [1.82, 2.24) is 15.0 Å².